The molecule has 1 aliphatic rings. The summed E-state index contributed by atoms with van der Waals surface area (Å²) in [6.45, 7) is 6.62. The van der Waals surface area contributed by atoms with Gasteiger partial charge in [-0.3, -0.25) is 9.59 Å². The second-order valence-corrected chi connectivity index (χ2v) is 5.45. The lowest BCUT2D eigenvalue weighted by Gasteiger charge is -2.21. The molecule has 2 heterocycles. The summed E-state index contributed by atoms with van der Waals surface area (Å²) in [5.41, 5.74) is -1.07. The summed E-state index contributed by atoms with van der Waals surface area (Å²) in [5.74, 6) is 0.500. The van der Waals surface area contributed by atoms with Crippen LogP contribution in [0.15, 0.2) is 6.33 Å². The molecule has 0 bridgehead atoms. The van der Waals surface area contributed by atoms with Gasteiger partial charge in [0, 0.05) is 19.4 Å². The fourth-order valence-corrected chi connectivity index (χ4v) is 2.36. The lowest BCUT2D eigenvalue weighted by Crippen LogP contribution is -2.37. The van der Waals surface area contributed by atoms with Crippen molar-refractivity contribution in [2.75, 3.05) is 6.61 Å². The molecule has 19 heavy (non-hydrogen) atoms. The minimum absolute atomic E-state index is 0.158. The van der Waals surface area contributed by atoms with Crippen LogP contribution in [0.25, 0.3) is 0 Å². The minimum atomic E-state index is -1.07. The minimum Gasteiger partial charge on any atom is -0.465 e. The summed E-state index contributed by atoms with van der Waals surface area (Å²) >= 11 is 0. The summed E-state index contributed by atoms with van der Waals surface area (Å²) in [5, 5.41) is 4.16. The third-order valence-corrected chi connectivity index (χ3v) is 3.52. The number of esters is 1. The molecule has 2 rings (SSSR count). The molecule has 0 spiro atoms. The Morgan fingerprint density at radius 2 is 2.32 bits per heavy atom. The van der Waals surface area contributed by atoms with Crippen molar-refractivity contribution in [3.63, 3.8) is 0 Å². The van der Waals surface area contributed by atoms with E-state index in [1.54, 1.807) is 4.68 Å². The zero-order valence-corrected chi connectivity index (χ0v) is 11.5. The Labute approximate surface area is 112 Å². The average Bonchev–Trinajstić information content (AvgIpc) is 2.88. The van der Waals surface area contributed by atoms with Crippen LogP contribution in [-0.2, 0) is 27.3 Å². The van der Waals surface area contributed by atoms with Crippen molar-refractivity contribution >= 4 is 11.8 Å². The van der Waals surface area contributed by atoms with Crippen LogP contribution in [0.1, 0.15) is 33.0 Å². The fourth-order valence-electron chi connectivity index (χ4n) is 2.36. The summed E-state index contributed by atoms with van der Waals surface area (Å²) < 4.78 is 6.75. The van der Waals surface area contributed by atoms with E-state index >= 15 is 0 Å². The molecular weight excluding hydrogens is 246 g/mol. The normalized spacial score (nSPS) is 22.8. The number of ketones is 1. The van der Waals surface area contributed by atoms with Gasteiger partial charge in [0.05, 0.1) is 6.61 Å². The van der Waals surface area contributed by atoms with Crippen molar-refractivity contribution in [1.29, 1.82) is 0 Å². The van der Waals surface area contributed by atoms with Gasteiger partial charge >= 0.3 is 5.97 Å². The number of nitrogens with zero attached hydrogens (tertiary/aromatic N) is 3. The van der Waals surface area contributed by atoms with Crippen LogP contribution >= 0.6 is 0 Å². The Bertz CT molecular complexity index is 495. The number of carbonyl (C=O) groups is 2. The van der Waals surface area contributed by atoms with Gasteiger partial charge in [0.25, 0.3) is 0 Å². The Balaban J connectivity index is 2.26. The topological polar surface area (TPSA) is 74.1 Å². The van der Waals surface area contributed by atoms with Crippen molar-refractivity contribution in [3.8, 4) is 0 Å². The molecule has 6 heteroatoms. The second kappa shape index (κ2) is 5.11. The van der Waals surface area contributed by atoms with Crippen LogP contribution < -0.4 is 0 Å². The molecule has 6 nitrogen and oxygen atoms in total. The number of Topliss-reactive ketones (excluding diaryl/α,β-unsaturated/α-hetero) is 1. The predicted octanol–water partition coefficient (Wildman–Crippen LogP) is 0.999. The molecule has 1 unspecified atom stereocenters. The van der Waals surface area contributed by atoms with E-state index in [2.05, 4.69) is 23.9 Å². The first-order chi connectivity index (χ1) is 8.95. The summed E-state index contributed by atoms with van der Waals surface area (Å²) in [7, 11) is 0. The van der Waals surface area contributed by atoms with Crippen molar-refractivity contribution in [1.82, 2.24) is 14.8 Å². The van der Waals surface area contributed by atoms with Crippen LogP contribution in [0, 0.1) is 11.3 Å². The van der Waals surface area contributed by atoms with Crippen molar-refractivity contribution in [2.45, 2.75) is 40.2 Å². The first kappa shape index (κ1) is 13.7. The highest BCUT2D eigenvalue weighted by atomic mass is 16.5. The first-order valence-electron chi connectivity index (χ1n) is 6.50. The number of hydrogen-bond acceptors (Lipinski definition) is 5. The summed E-state index contributed by atoms with van der Waals surface area (Å²) in [6.07, 6.45) is 2.16. The number of rotatable bonds is 5. The van der Waals surface area contributed by atoms with E-state index in [0.29, 0.717) is 24.8 Å². The molecule has 0 amide bonds. The van der Waals surface area contributed by atoms with Crippen LogP contribution in [0.5, 0.6) is 0 Å². The lowest BCUT2D eigenvalue weighted by atomic mass is 9.79. The molecule has 0 radical (unpaired) electrons. The molecule has 1 fully saturated rings. The molecule has 0 aliphatic carbocycles. The lowest BCUT2D eigenvalue weighted by molar-refractivity contribution is -0.150. The van der Waals surface area contributed by atoms with Gasteiger partial charge in [0.15, 0.2) is 0 Å². The third kappa shape index (κ3) is 2.52. The van der Waals surface area contributed by atoms with E-state index in [1.165, 1.54) is 13.3 Å². The molecule has 0 saturated carbocycles. The van der Waals surface area contributed by atoms with Crippen LogP contribution in [0.3, 0.4) is 0 Å². The number of cyclic esters (lactones) is 1. The molecular formula is C13H19N3O3. The maximum absolute atomic E-state index is 11.9. The Kier molecular flexibility index (Phi) is 3.68. The number of aromatic nitrogens is 3. The van der Waals surface area contributed by atoms with Gasteiger partial charge in [0.2, 0.25) is 0 Å². The van der Waals surface area contributed by atoms with E-state index in [9.17, 15) is 9.59 Å². The Hall–Kier alpha value is -1.72. The van der Waals surface area contributed by atoms with Gasteiger partial charge in [-0.1, -0.05) is 13.8 Å². The van der Waals surface area contributed by atoms with Crippen LogP contribution in [0.2, 0.25) is 0 Å². The highest BCUT2D eigenvalue weighted by Crippen LogP contribution is 2.34. The number of ether oxygens (including phenoxy) is 1. The van der Waals surface area contributed by atoms with Crippen molar-refractivity contribution in [2.24, 2.45) is 11.3 Å². The highest BCUT2D eigenvalue weighted by Gasteiger charge is 2.49. The van der Waals surface area contributed by atoms with E-state index in [4.69, 9.17) is 4.74 Å². The van der Waals surface area contributed by atoms with Crippen LogP contribution in [0.4, 0.5) is 0 Å². The monoisotopic (exact) mass is 265 g/mol. The number of hydrogen-bond donors (Lipinski definition) is 0. The largest absolute Gasteiger partial charge is 0.465 e. The molecule has 0 aromatic carbocycles. The summed E-state index contributed by atoms with van der Waals surface area (Å²) in [6, 6.07) is 0. The molecule has 1 aromatic rings. The van der Waals surface area contributed by atoms with Crippen molar-refractivity contribution < 1.29 is 14.3 Å². The molecule has 1 atom stereocenters. The van der Waals surface area contributed by atoms with Crippen molar-refractivity contribution in [3.05, 3.63) is 12.2 Å². The van der Waals surface area contributed by atoms with Crippen LogP contribution in [-0.4, -0.2) is 33.1 Å². The predicted molar refractivity (Wildman–Crippen MR) is 67.3 cm³/mol. The fraction of sp³-hybridized carbons (Fsp3) is 0.692. The average molecular weight is 265 g/mol. The van der Waals surface area contributed by atoms with Gasteiger partial charge < -0.3 is 4.74 Å². The van der Waals surface area contributed by atoms with E-state index in [0.717, 1.165) is 6.54 Å². The van der Waals surface area contributed by atoms with E-state index < -0.39 is 11.4 Å². The molecule has 0 N–H and O–H groups in total. The zero-order valence-electron chi connectivity index (χ0n) is 11.5. The highest BCUT2D eigenvalue weighted by molar-refractivity contribution is 6.03. The third-order valence-electron chi connectivity index (χ3n) is 3.52. The van der Waals surface area contributed by atoms with Gasteiger partial charge in [-0.05, 0) is 12.8 Å². The van der Waals surface area contributed by atoms with Gasteiger partial charge in [-0.2, -0.15) is 5.10 Å². The smallest absolute Gasteiger partial charge is 0.320 e. The quantitative estimate of drug-likeness (QED) is 0.586. The van der Waals surface area contributed by atoms with Gasteiger partial charge in [0.1, 0.15) is 23.3 Å². The Morgan fingerprint density at radius 1 is 1.58 bits per heavy atom. The first-order valence-corrected chi connectivity index (χ1v) is 6.50. The number of carbonyl (C=O) groups excluding carboxylic acids is 2. The maximum atomic E-state index is 11.9. The van der Waals surface area contributed by atoms with E-state index in [1.807, 2.05) is 0 Å². The summed E-state index contributed by atoms with van der Waals surface area (Å²) in [4.78, 5) is 28.0. The second-order valence-electron chi connectivity index (χ2n) is 5.45. The van der Waals surface area contributed by atoms with E-state index in [-0.39, 0.29) is 12.2 Å². The van der Waals surface area contributed by atoms with Gasteiger partial charge in [-0.15, -0.1) is 0 Å². The maximum Gasteiger partial charge on any atom is 0.320 e. The van der Waals surface area contributed by atoms with Gasteiger partial charge in [-0.25, -0.2) is 9.67 Å². The standard InChI is InChI=1S/C13H19N3O3/c1-9(2)7-16-11(14-8-15-16)6-13(10(3)17)4-5-19-12(13)18/h8-9H,4-7H2,1-3H3. The molecule has 1 saturated heterocycles. The zero-order chi connectivity index (χ0) is 14.0. The Morgan fingerprint density at radius 3 is 2.84 bits per heavy atom. The molecule has 1 aromatic heterocycles. The molecule has 104 valence electrons. The SMILES string of the molecule is CC(=O)C1(Cc2ncnn2CC(C)C)CCOC1=O. The molecule has 1 aliphatic heterocycles.